The van der Waals surface area contributed by atoms with Crippen LogP contribution in [0.2, 0.25) is 10.0 Å². The van der Waals surface area contributed by atoms with E-state index in [0.717, 1.165) is 5.56 Å². The van der Waals surface area contributed by atoms with E-state index in [1.165, 1.54) is 24.3 Å². The molecule has 4 rings (SSSR count). The molecule has 0 saturated heterocycles. The molecule has 0 saturated carbocycles. The van der Waals surface area contributed by atoms with Crippen molar-refractivity contribution < 1.29 is 17.6 Å². The lowest BCUT2D eigenvalue weighted by atomic mass is 9.92. The van der Waals surface area contributed by atoms with Crippen molar-refractivity contribution in [2.24, 2.45) is 5.73 Å². The Hall–Kier alpha value is -3.30. The Kier molecular flexibility index (Phi) is 8.18. The van der Waals surface area contributed by atoms with E-state index in [4.69, 9.17) is 28.9 Å². The summed E-state index contributed by atoms with van der Waals surface area (Å²) in [5.74, 6) is -2.28. The van der Waals surface area contributed by atoms with E-state index in [0.29, 0.717) is 22.4 Å². The summed E-state index contributed by atoms with van der Waals surface area (Å²) >= 11 is 12.8. The molecule has 1 heterocycles. The van der Waals surface area contributed by atoms with Gasteiger partial charge in [-0.15, -0.1) is 0 Å². The maximum Gasteiger partial charge on any atom is 0.240 e. The number of hydrogen-bond donors (Lipinski definition) is 2. The molecule has 1 aromatic heterocycles. The van der Waals surface area contributed by atoms with Crippen molar-refractivity contribution >= 4 is 39.1 Å². The lowest BCUT2D eigenvalue weighted by Crippen LogP contribution is -2.26. The second-order valence-electron chi connectivity index (χ2n) is 8.85. The van der Waals surface area contributed by atoms with Crippen LogP contribution in [0.1, 0.15) is 33.9 Å². The molecule has 1 amide bonds. The molecular formula is C28H24Cl2FN3O3S. The second-order valence-corrected chi connectivity index (χ2v) is 11.4. The van der Waals surface area contributed by atoms with Gasteiger partial charge < -0.3 is 5.73 Å². The Bertz CT molecular complexity index is 1610. The highest BCUT2D eigenvalue weighted by molar-refractivity contribution is 7.89. The first-order valence-electron chi connectivity index (χ1n) is 11.5. The van der Waals surface area contributed by atoms with Crippen LogP contribution in [-0.2, 0) is 21.4 Å². The number of aryl methyl sites for hydroxylation is 2. The number of nitrogens with one attached hydrogen (secondary N) is 1. The summed E-state index contributed by atoms with van der Waals surface area (Å²) in [6, 6.07) is 18.7. The average Bonchev–Trinajstić information content (AvgIpc) is 2.85. The Labute approximate surface area is 230 Å². The molecule has 3 aromatic carbocycles. The zero-order chi connectivity index (χ0) is 27.6. The van der Waals surface area contributed by atoms with Gasteiger partial charge in [0.15, 0.2) is 0 Å². The fraction of sp³-hybridized carbons (Fsp3) is 0.143. The highest BCUT2D eigenvalue weighted by atomic mass is 35.5. The fourth-order valence-corrected chi connectivity index (χ4v) is 5.75. The molecule has 0 bridgehead atoms. The molecule has 0 spiro atoms. The first-order chi connectivity index (χ1) is 18.0. The van der Waals surface area contributed by atoms with Gasteiger partial charge in [0.05, 0.1) is 16.3 Å². The smallest absolute Gasteiger partial charge is 0.240 e. The number of pyridine rings is 1. The molecule has 1 unspecified atom stereocenters. The monoisotopic (exact) mass is 571 g/mol. The fourth-order valence-electron chi connectivity index (χ4n) is 4.11. The molecule has 38 heavy (non-hydrogen) atoms. The maximum absolute atomic E-state index is 13.8. The van der Waals surface area contributed by atoms with Crippen LogP contribution >= 0.6 is 23.2 Å². The number of carbonyl (C=O) groups excluding carboxylic acids is 1. The van der Waals surface area contributed by atoms with Crippen LogP contribution in [0, 0.1) is 19.7 Å². The number of nitrogens with two attached hydrogens (primary N) is 1. The Morgan fingerprint density at radius 1 is 1.00 bits per heavy atom. The molecule has 6 nitrogen and oxygen atoms in total. The highest BCUT2D eigenvalue weighted by Crippen LogP contribution is 2.36. The van der Waals surface area contributed by atoms with Crippen LogP contribution in [-0.4, -0.2) is 19.3 Å². The van der Waals surface area contributed by atoms with Gasteiger partial charge in [-0.2, -0.15) is 0 Å². The topological polar surface area (TPSA) is 102 Å². The third-order valence-electron chi connectivity index (χ3n) is 6.04. The minimum absolute atomic E-state index is 0.110. The number of nitrogens with zero attached hydrogens (tertiary/aromatic N) is 1. The zero-order valence-corrected chi connectivity index (χ0v) is 22.8. The number of aromatic nitrogens is 1. The first-order valence-corrected chi connectivity index (χ1v) is 13.8. The van der Waals surface area contributed by atoms with Crippen LogP contribution in [0.5, 0.6) is 0 Å². The van der Waals surface area contributed by atoms with E-state index in [9.17, 15) is 17.6 Å². The van der Waals surface area contributed by atoms with Gasteiger partial charge in [-0.05, 0) is 79.6 Å². The Balaban J connectivity index is 1.83. The van der Waals surface area contributed by atoms with E-state index in [-0.39, 0.29) is 32.7 Å². The van der Waals surface area contributed by atoms with Crippen molar-refractivity contribution in [3.05, 3.63) is 117 Å². The van der Waals surface area contributed by atoms with Crippen LogP contribution in [0.15, 0.2) is 77.7 Å². The van der Waals surface area contributed by atoms with Crippen LogP contribution < -0.4 is 10.5 Å². The van der Waals surface area contributed by atoms with Crippen molar-refractivity contribution in [2.45, 2.75) is 31.2 Å². The summed E-state index contributed by atoms with van der Waals surface area (Å²) < 4.78 is 42.3. The Morgan fingerprint density at radius 3 is 2.26 bits per heavy atom. The van der Waals surface area contributed by atoms with Gasteiger partial charge in [0.1, 0.15) is 11.7 Å². The molecule has 3 N–H and O–H groups in total. The zero-order valence-electron chi connectivity index (χ0n) is 20.5. The number of primary amides is 1. The van der Waals surface area contributed by atoms with Gasteiger partial charge in [-0.1, -0.05) is 47.0 Å². The molecule has 10 heteroatoms. The number of hydrogen-bond acceptors (Lipinski definition) is 4. The van der Waals surface area contributed by atoms with E-state index in [1.807, 2.05) is 6.92 Å². The molecule has 1 atom stereocenters. The van der Waals surface area contributed by atoms with E-state index >= 15 is 0 Å². The third-order valence-corrected chi connectivity index (χ3v) is 8.11. The SMILES string of the molecule is Cc1ccc(S(=O)(=O)NCc2cc(-c3ccc(F)cc3C)nc(C(C(N)=O)c3c(Cl)cccc3Cl)c2)cc1. The second kappa shape index (κ2) is 11.2. The summed E-state index contributed by atoms with van der Waals surface area (Å²) in [4.78, 5) is 17.5. The van der Waals surface area contributed by atoms with Crippen molar-refractivity contribution in [3.63, 3.8) is 0 Å². The third kappa shape index (κ3) is 6.05. The number of carbonyl (C=O) groups is 1. The van der Waals surface area contributed by atoms with Crippen molar-refractivity contribution in [3.8, 4) is 11.3 Å². The standard InChI is InChI=1S/C28H24Cl2FN3O3S/c1-16-6-9-20(10-7-16)38(36,37)33-15-18-13-24(21-11-8-19(31)12-17(21)2)34-25(14-18)27(28(32)35)26-22(29)4-3-5-23(26)30/h3-14,27,33H,15H2,1-2H3,(H2,32,35). The first kappa shape index (κ1) is 27.7. The van der Waals surface area contributed by atoms with E-state index in [2.05, 4.69) is 9.71 Å². The molecule has 196 valence electrons. The van der Waals surface area contributed by atoms with Gasteiger partial charge in [0.25, 0.3) is 0 Å². The molecule has 0 fully saturated rings. The predicted octanol–water partition coefficient (Wildman–Crippen LogP) is 5.91. The quantitative estimate of drug-likeness (QED) is 0.274. The minimum Gasteiger partial charge on any atom is -0.369 e. The maximum atomic E-state index is 13.8. The molecular weight excluding hydrogens is 548 g/mol. The number of sulfonamides is 1. The molecule has 4 aromatic rings. The minimum atomic E-state index is -3.84. The van der Waals surface area contributed by atoms with Gasteiger partial charge in [-0.25, -0.2) is 17.5 Å². The van der Waals surface area contributed by atoms with Gasteiger partial charge >= 0.3 is 0 Å². The summed E-state index contributed by atoms with van der Waals surface area (Å²) in [6.07, 6.45) is 0. The lowest BCUT2D eigenvalue weighted by molar-refractivity contribution is -0.118. The molecule has 0 aliphatic carbocycles. The predicted molar refractivity (Wildman–Crippen MR) is 147 cm³/mol. The van der Waals surface area contributed by atoms with Crippen LogP contribution in [0.4, 0.5) is 4.39 Å². The number of benzene rings is 3. The molecule has 0 aliphatic heterocycles. The van der Waals surface area contributed by atoms with Gasteiger partial charge in [0, 0.05) is 27.7 Å². The normalized spacial score (nSPS) is 12.3. The number of rotatable bonds is 8. The van der Waals surface area contributed by atoms with Crippen molar-refractivity contribution in [1.82, 2.24) is 9.71 Å². The van der Waals surface area contributed by atoms with Crippen LogP contribution in [0.25, 0.3) is 11.3 Å². The number of amides is 1. The van der Waals surface area contributed by atoms with Crippen molar-refractivity contribution in [2.75, 3.05) is 0 Å². The average molecular weight is 572 g/mol. The van der Waals surface area contributed by atoms with Gasteiger partial charge in [0.2, 0.25) is 15.9 Å². The summed E-state index contributed by atoms with van der Waals surface area (Å²) in [5.41, 5.74) is 9.34. The molecule has 0 radical (unpaired) electrons. The van der Waals surface area contributed by atoms with Gasteiger partial charge in [-0.3, -0.25) is 9.78 Å². The largest absolute Gasteiger partial charge is 0.369 e. The van der Waals surface area contributed by atoms with E-state index < -0.39 is 27.7 Å². The highest BCUT2D eigenvalue weighted by Gasteiger charge is 2.28. The molecule has 0 aliphatic rings. The Morgan fingerprint density at radius 2 is 1.66 bits per heavy atom. The summed E-state index contributed by atoms with van der Waals surface area (Å²) in [6.45, 7) is 3.48. The lowest BCUT2D eigenvalue weighted by Gasteiger charge is -2.19. The summed E-state index contributed by atoms with van der Waals surface area (Å²) in [5, 5.41) is 0.459. The summed E-state index contributed by atoms with van der Waals surface area (Å²) in [7, 11) is -3.84. The number of halogens is 3. The van der Waals surface area contributed by atoms with E-state index in [1.54, 1.807) is 55.5 Å². The van der Waals surface area contributed by atoms with Crippen molar-refractivity contribution in [1.29, 1.82) is 0 Å². The van der Waals surface area contributed by atoms with Crippen LogP contribution in [0.3, 0.4) is 0 Å².